The summed E-state index contributed by atoms with van der Waals surface area (Å²) in [6, 6.07) is 8.56. The Kier molecular flexibility index (Phi) is 4.36. The second-order valence-corrected chi connectivity index (χ2v) is 8.35. The molecule has 1 aromatic carbocycles. The van der Waals surface area contributed by atoms with Gasteiger partial charge in [-0.25, -0.2) is 0 Å². The average Bonchev–Trinajstić information content (AvgIpc) is 2.55. The third-order valence-corrected chi connectivity index (χ3v) is 4.77. The smallest absolute Gasteiger partial charge is 0.400 e. The molecule has 0 N–H and O–H groups in total. The summed E-state index contributed by atoms with van der Waals surface area (Å²) in [6.45, 7) is 17.1. The first kappa shape index (κ1) is 17.3. The molecule has 0 aromatic heterocycles. The Morgan fingerprint density at radius 2 is 1.41 bits per heavy atom. The molecule has 0 saturated carbocycles. The fraction of sp³-hybridized carbons (Fsp3) is 0.579. The molecule has 1 saturated heterocycles. The molecule has 2 nitrogen and oxygen atoms in total. The highest BCUT2D eigenvalue weighted by Crippen LogP contribution is 2.42. The van der Waals surface area contributed by atoms with E-state index in [4.69, 9.17) is 9.31 Å². The zero-order chi connectivity index (χ0) is 16.8. The van der Waals surface area contributed by atoms with E-state index in [1.807, 2.05) is 0 Å². The Hall–Kier alpha value is -1.06. The second-order valence-electron chi connectivity index (χ2n) is 8.35. The predicted octanol–water partition coefficient (Wildman–Crippen LogP) is 5.06. The van der Waals surface area contributed by atoms with Gasteiger partial charge in [-0.15, -0.1) is 0 Å². The van der Waals surface area contributed by atoms with Gasteiger partial charge in [0.25, 0.3) is 0 Å². The van der Waals surface area contributed by atoms with Gasteiger partial charge in [0, 0.05) is 0 Å². The van der Waals surface area contributed by atoms with Crippen molar-refractivity contribution in [1.82, 2.24) is 0 Å². The van der Waals surface area contributed by atoms with Crippen LogP contribution in [0.15, 0.2) is 29.7 Å². The van der Waals surface area contributed by atoms with Gasteiger partial charge in [-0.3, -0.25) is 0 Å². The fourth-order valence-corrected chi connectivity index (χ4v) is 2.45. The lowest BCUT2D eigenvalue weighted by Crippen LogP contribution is -2.41. The van der Waals surface area contributed by atoms with Crippen LogP contribution in [0.1, 0.15) is 59.6 Å². The average molecular weight is 300 g/mol. The summed E-state index contributed by atoms with van der Waals surface area (Å²) in [5.41, 5.74) is 2.99. The standard InChI is InChI=1S/C19H29BO2/c1-14-9-11-15(12-10-14)13-16(17(2,3)4)20-21-18(5,6)19(7,8)22-20/h9-13H,1-8H3/b16-13+. The monoisotopic (exact) mass is 300 g/mol. The molecular formula is C19H29BO2. The van der Waals surface area contributed by atoms with E-state index in [0.29, 0.717) is 0 Å². The van der Waals surface area contributed by atoms with Crippen LogP contribution in [0.25, 0.3) is 6.08 Å². The Bertz CT molecular complexity index is 546. The molecule has 22 heavy (non-hydrogen) atoms. The second kappa shape index (κ2) is 5.54. The van der Waals surface area contributed by atoms with E-state index < -0.39 is 0 Å². The van der Waals surface area contributed by atoms with Crippen LogP contribution in [0.5, 0.6) is 0 Å². The molecule has 3 heteroatoms. The van der Waals surface area contributed by atoms with E-state index in [2.05, 4.69) is 85.7 Å². The largest absolute Gasteiger partial charge is 0.491 e. The Labute approximate surface area is 136 Å². The summed E-state index contributed by atoms with van der Waals surface area (Å²) in [6.07, 6.45) is 2.21. The molecule has 0 spiro atoms. The number of allylic oxidation sites excluding steroid dienone is 1. The Morgan fingerprint density at radius 1 is 0.955 bits per heavy atom. The fourth-order valence-electron chi connectivity index (χ4n) is 2.45. The zero-order valence-corrected chi connectivity index (χ0v) is 15.3. The normalized spacial score (nSPS) is 21.3. The molecule has 0 atom stereocenters. The molecule has 1 aliphatic rings. The zero-order valence-electron chi connectivity index (χ0n) is 15.3. The first-order valence-electron chi connectivity index (χ1n) is 8.07. The van der Waals surface area contributed by atoms with Crippen molar-refractivity contribution in [2.45, 2.75) is 66.6 Å². The first-order valence-corrected chi connectivity index (χ1v) is 8.07. The lowest BCUT2D eigenvalue weighted by molar-refractivity contribution is 0.00578. The lowest BCUT2D eigenvalue weighted by Gasteiger charge is -2.32. The predicted molar refractivity (Wildman–Crippen MR) is 94.7 cm³/mol. The maximum Gasteiger partial charge on any atom is 0.491 e. The summed E-state index contributed by atoms with van der Waals surface area (Å²) in [5, 5.41) is 0. The van der Waals surface area contributed by atoms with Crippen molar-refractivity contribution < 1.29 is 9.31 Å². The van der Waals surface area contributed by atoms with Crippen LogP contribution in [0.3, 0.4) is 0 Å². The van der Waals surface area contributed by atoms with Crippen molar-refractivity contribution in [1.29, 1.82) is 0 Å². The molecule has 2 rings (SSSR count). The number of benzene rings is 1. The molecular weight excluding hydrogens is 271 g/mol. The van der Waals surface area contributed by atoms with Gasteiger partial charge in [-0.2, -0.15) is 0 Å². The molecule has 0 amide bonds. The van der Waals surface area contributed by atoms with Crippen LogP contribution >= 0.6 is 0 Å². The minimum Gasteiger partial charge on any atom is -0.400 e. The van der Waals surface area contributed by atoms with Gasteiger partial charge in [0.05, 0.1) is 11.2 Å². The van der Waals surface area contributed by atoms with Crippen LogP contribution in [0, 0.1) is 12.3 Å². The topological polar surface area (TPSA) is 18.5 Å². The van der Waals surface area contributed by atoms with Gasteiger partial charge in [-0.1, -0.05) is 56.7 Å². The summed E-state index contributed by atoms with van der Waals surface area (Å²) in [5.74, 6) is 0. The van der Waals surface area contributed by atoms with Gasteiger partial charge < -0.3 is 9.31 Å². The van der Waals surface area contributed by atoms with Crippen LogP contribution in [-0.2, 0) is 9.31 Å². The summed E-state index contributed by atoms with van der Waals surface area (Å²) in [7, 11) is -0.300. The third kappa shape index (κ3) is 3.47. The van der Waals surface area contributed by atoms with E-state index >= 15 is 0 Å². The van der Waals surface area contributed by atoms with Gasteiger partial charge >= 0.3 is 7.12 Å². The molecule has 0 radical (unpaired) electrons. The summed E-state index contributed by atoms with van der Waals surface area (Å²) < 4.78 is 12.5. The highest BCUT2D eigenvalue weighted by molar-refractivity contribution is 6.56. The van der Waals surface area contributed by atoms with Gasteiger partial charge in [0.15, 0.2) is 0 Å². The first-order chi connectivity index (χ1) is 9.92. The molecule has 120 valence electrons. The van der Waals surface area contributed by atoms with E-state index in [0.717, 1.165) is 0 Å². The summed E-state index contributed by atoms with van der Waals surface area (Å²) >= 11 is 0. The van der Waals surface area contributed by atoms with E-state index in [1.165, 1.54) is 16.6 Å². The van der Waals surface area contributed by atoms with Crippen molar-refractivity contribution in [3.8, 4) is 0 Å². The highest BCUT2D eigenvalue weighted by Gasteiger charge is 2.53. The molecule has 0 bridgehead atoms. The van der Waals surface area contributed by atoms with Crippen LogP contribution in [0.2, 0.25) is 0 Å². The molecule has 1 aliphatic heterocycles. The molecule has 1 heterocycles. The highest BCUT2D eigenvalue weighted by atomic mass is 16.7. The number of hydrogen-bond donors (Lipinski definition) is 0. The molecule has 1 fully saturated rings. The Balaban J connectivity index is 2.39. The van der Waals surface area contributed by atoms with Gasteiger partial charge in [0.2, 0.25) is 0 Å². The quantitative estimate of drug-likeness (QED) is 0.711. The number of rotatable bonds is 2. The SMILES string of the molecule is Cc1ccc(/C=C(/B2OC(C)(C)C(C)(C)O2)C(C)(C)C)cc1. The minimum atomic E-state index is -0.310. The van der Waals surface area contributed by atoms with Gasteiger partial charge in [0.1, 0.15) is 0 Å². The maximum atomic E-state index is 6.26. The molecule has 1 aromatic rings. The van der Waals surface area contributed by atoms with Crippen molar-refractivity contribution >= 4 is 13.2 Å². The molecule has 0 unspecified atom stereocenters. The summed E-state index contributed by atoms with van der Waals surface area (Å²) in [4.78, 5) is 0. The van der Waals surface area contributed by atoms with Crippen molar-refractivity contribution in [2.24, 2.45) is 5.41 Å². The van der Waals surface area contributed by atoms with E-state index in [-0.39, 0.29) is 23.7 Å². The lowest BCUT2D eigenvalue weighted by atomic mass is 9.64. The van der Waals surface area contributed by atoms with Crippen LogP contribution in [-0.4, -0.2) is 18.3 Å². The number of aryl methyl sites for hydroxylation is 1. The van der Waals surface area contributed by atoms with E-state index in [9.17, 15) is 0 Å². The van der Waals surface area contributed by atoms with Crippen molar-refractivity contribution in [3.05, 3.63) is 40.9 Å². The maximum absolute atomic E-state index is 6.26. The van der Waals surface area contributed by atoms with Crippen LogP contribution < -0.4 is 0 Å². The Morgan fingerprint density at radius 3 is 1.82 bits per heavy atom. The van der Waals surface area contributed by atoms with Crippen molar-refractivity contribution in [3.63, 3.8) is 0 Å². The minimum absolute atomic E-state index is 0.0218. The number of hydrogen-bond acceptors (Lipinski definition) is 2. The van der Waals surface area contributed by atoms with Gasteiger partial charge in [-0.05, 0) is 51.1 Å². The van der Waals surface area contributed by atoms with Crippen molar-refractivity contribution in [2.75, 3.05) is 0 Å². The van der Waals surface area contributed by atoms with Crippen LogP contribution in [0.4, 0.5) is 0 Å². The third-order valence-electron chi connectivity index (χ3n) is 4.77. The molecule has 0 aliphatic carbocycles. The van der Waals surface area contributed by atoms with E-state index in [1.54, 1.807) is 0 Å².